The molecule has 0 bridgehead atoms. The van der Waals surface area contributed by atoms with Gasteiger partial charge in [-0.15, -0.1) is 0 Å². The van der Waals surface area contributed by atoms with Gasteiger partial charge < -0.3 is 4.90 Å². The molecule has 1 aromatic rings. The average Bonchev–Trinajstić information content (AvgIpc) is 2.02. The molecule has 2 rings (SSSR count). The quantitative estimate of drug-likeness (QED) is 0.673. The second-order valence-electron chi connectivity index (χ2n) is 3.91. The molecule has 0 saturated heterocycles. The number of nitrogens with zero attached hydrogens (tertiary/aromatic N) is 1. The van der Waals surface area contributed by atoms with Crippen molar-refractivity contribution >= 4 is 15.9 Å². The molecule has 1 atom stereocenters. The summed E-state index contributed by atoms with van der Waals surface area (Å²) in [6, 6.07) is 6.49. The number of rotatable bonds is 0. The molecule has 0 spiro atoms. The predicted octanol–water partition coefficient (Wildman–Crippen LogP) is 3.00. The van der Waals surface area contributed by atoms with Crippen molar-refractivity contribution < 1.29 is 0 Å². The first-order chi connectivity index (χ1) is 6.18. The normalized spacial score (nSPS) is 22.8. The molecule has 1 heterocycles. The van der Waals surface area contributed by atoms with Crippen molar-refractivity contribution in [2.24, 2.45) is 0 Å². The van der Waals surface area contributed by atoms with Gasteiger partial charge in [-0.25, -0.2) is 0 Å². The zero-order chi connectivity index (χ0) is 9.42. The van der Waals surface area contributed by atoms with Gasteiger partial charge >= 0.3 is 0 Å². The van der Waals surface area contributed by atoms with E-state index in [9.17, 15) is 0 Å². The number of fused-ring (bicyclic) bond motifs is 1. The summed E-state index contributed by atoms with van der Waals surface area (Å²) < 4.78 is 1.27. The minimum Gasteiger partial charge on any atom is -0.302 e. The Morgan fingerprint density at radius 1 is 1.46 bits per heavy atom. The van der Waals surface area contributed by atoms with Crippen LogP contribution in [0.5, 0.6) is 0 Å². The van der Waals surface area contributed by atoms with E-state index in [1.54, 1.807) is 0 Å². The van der Waals surface area contributed by atoms with Crippen LogP contribution in [0.3, 0.4) is 0 Å². The number of hydrogen-bond acceptors (Lipinski definition) is 1. The maximum atomic E-state index is 3.62. The van der Waals surface area contributed by atoms with Crippen LogP contribution in [0.2, 0.25) is 0 Å². The summed E-state index contributed by atoms with van der Waals surface area (Å²) >= 11 is 3.62. The second-order valence-corrected chi connectivity index (χ2v) is 4.76. The third kappa shape index (κ3) is 1.65. The number of halogens is 1. The molecular weight excluding hydrogens is 226 g/mol. The van der Waals surface area contributed by atoms with Gasteiger partial charge in [0.15, 0.2) is 0 Å². The van der Waals surface area contributed by atoms with Crippen molar-refractivity contribution in [3.63, 3.8) is 0 Å². The van der Waals surface area contributed by atoms with E-state index in [2.05, 4.69) is 53.0 Å². The maximum Gasteiger partial charge on any atom is 0.0234 e. The highest BCUT2D eigenvalue weighted by Crippen LogP contribution is 2.32. The molecule has 1 aliphatic heterocycles. The summed E-state index contributed by atoms with van der Waals surface area (Å²) in [5.74, 6) is 0.643. The molecule has 1 aliphatic rings. The van der Waals surface area contributed by atoms with E-state index in [1.165, 1.54) is 15.6 Å². The summed E-state index contributed by atoms with van der Waals surface area (Å²) in [7, 11) is 2.18. The smallest absolute Gasteiger partial charge is 0.0234 e. The maximum absolute atomic E-state index is 3.62. The van der Waals surface area contributed by atoms with Crippen molar-refractivity contribution in [2.75, 3.05) is 13.6 Å². The molecule has 2 heteroatoms. The number of benzene rings is 1. The van der Waals surface area contributed by atoms with Crippen LogP contribution in [0.4, 0.5) is 0 Å². The molecule has 0 amide bonds. The van der Waals surface area contributed by atoms with Crippen LogP contribution in [0.1, 0.15) is 24.0 Å². The Balaban J connectivity index is 2.49. The molecule has 1 aromatic carbocycles. The van der Waals surface area contributed by atoms with Gasteiger partial charge in [0.25, 0.3) is 0 Å². The van der Waals surface area contributed by atoms with E-state index in [0.717, 1.165) is 13.1 Å². The fourth-order valence-electron chi connectivity index (χ4n) is 2.19. The first-order valence-corrected chi connectivity index (χ1v) is 5.43. The van der Waals surface area contributed by atoms with Gasteiger partial charge in [-0.2, -0.15) is 0 Å². The van der Waals surface area contributed by atoms with Crippen molar-refractivity contribution in [2.45, 2.75) is 19.4 Å². The molecule has 0 fully saturated rings. The first-order valence-electron chi connectivity index (χ1n) is 4.64. The molecule has 0 aliphatic carbocycles. The van der Waals surface area contributed by atoms with Crippen LogP contribution in [0.15, 0.2) is 22.7 Å². The summed E-state index contributed by atoms with van der Waals surface area (Å²) in [5, 5.41) is 0. The molecule has 1 unspecified atom stereocenters. The molecule has 70 valence electrons. The van der Waals surface area contributed by atoms with Gasteiger partial charge in [0.1, 0.15) is 0 Å². The summed E-state index contributed by atoms with van der Waals surface area (Å²) in [6.45, 7) is 4.54. The standard InChI is InChI=1S/C11H14BrN/c1-8-6-13(2)7-9-4-3-5-10(12)11(8)9/h3-5,8H,6-7H2,1-2H3. The Kier molecular flexibility index (Phi) is 2.43. The minimum atomic E-state index is 0.643. The molecule has 13 heavy (non-hydrogen) atoms. The van der Waals surface area contributed by atoms with E-state index < -0.39 is 0 Å². The van der Waals surface area contributed by atoms with Crippen molar-refractivity contribution in [1.82, 2.24) is 4.90 Å². The van der Waals surface area contributed by atoms with Crippen molar-refractivity contribution in [3.05, 3.63) is 33.8 Å². The van der Waals surface area contributed by atoms with Crippen LogP contribution in [0, 0.1) is 0 Å². The summed E-state index contributed by atoms with van der Waals surface area (Å²) in [4.78, 5) is 2.37. The molecule has 1 nitrogen and oxygen atoms in total. The fraction of sp³-hybridized carbons (Fsp3) is 0.455. The van der Waals surface area contributed by atoms with E-state index in [4.69, 9.17) is 0 Å². The number of hydrogen-bond donors (Lipinski definition) is 0. The van der Waals surface area contributed by atoms with Gasteiger partial charge in [-0.05, 0) is 30.2 Å². The average molecular weight is 240 g/mol. The fourth-order valence-corrected chi connectivity index (χ4v) is 2.98. The van der Waals surface area contributed by atoms with Gasteiger partial charge in [0.2, 0.25) is 0 Å². The Bertz CT molecular complexity index is 322. The SMILES string of the molecule is CC1CN(C)Cc2cccc(Br)c21. The highest BCUT2D eigenvalue weighted by Gasteiger charge is 2.21. The third-order valence-electron chi connectivity index (χ3n) is 2.66. The Morgan fingerprint density at radius 3 is 3.00 bits per heavy atom. The monoisotopic (exact) mass is 239 g/mol. The Morgan fingerprint density at radius 2 is 2.23 bits per heavy atom. The zero-order valence-corrected chi connectivity index (χ0v) is 9.63. The van der Waals surface area contributed by atoms with Crippen LogP contribution in [0.25, 0.3) is 0 Å². The summed E-state index contributed by atoms with van der Waals surface area (Å²) in [5.41, 5.74) is 2.97. The zero-order valence-electron chi connectivity index (χ0n) is 8.05. The third-order valence-corrected chi connectivity index (χ3v) is 3.35. The lowest BCUT2D eigenvalue weighted by Gasteiger charge is -2.30. The van der Waals surface area contributed by atoms with Gasteiger partial charge in [-0.3, -0.25) is 0 Å². The van der Waals surface area contributed by atoms with Crippen molar-refractivity contribution in [3.8, 4) is 0 Å². The van der Waals surface area contributed by atoms with Crippen LogP contribution >= 0.6 is 15.9 Å². The van der Waals surface area contributed by atoms with Gasteiger partial charge in [0.05, 0.1) is 0 Å². The minimum absolute atomic E-state index is 0.643. The number of likely N-dealkylation sites (N-methyl/N-ethyl adjacent to an activating group) is 1. The lowest BCUT2D eigenvalue weighted by Crippen LogP contribution is -2.29. The Hall–Kier alpha value is -0.340. The van der Waals surface area contributed by atoms with Gasteiger partial charge in [0, 0.05) is 17.6 Å². The lowest BCUT2D eigenvalue weighted by molar-refractivity contribution is 0.287. The lowest BCUT2D eigenvalue weighted by atomic mass is 9.91. The summed E-state index contributed by atoms with van der Waals surface area (Å²) in [6.07, 6.45) is 0. The van der Waals surface area contributed by atoms with Crippen molar-refractivity contribution in [1.29, 1.82) is 0 Å². The van der Waals surface area contributed by atoms with Crippen LogP contribution in [-0.4, -0.2) is 18.5 Å². The van der Waals surface area contributed by atoms with E-state index >= 15 is 0 Å². The van der Waals surface area contributed by atoms with E-state index in [-0.39, 0.29) is 0 Å². The topological polar surface area (TPSA) is 3.24 Å². The molecule has 0 saturated carbocycles. The highest BCUT2D eigenvalue weighted by molar-refractivity contribution is 9.10. The van der Waals surface area contributed by atoms with Gasteiger partial charge in [-0.1, -0.05) is 35.0 Å². The Labute approximate surface area is 87.9 Å². The largest absolute Gasteiger partial charge is 0.302 e. The highest BCUT2D eigenvalue weighted by atomic mass is 79.9. The molecular formula is C11H14BrN. The predicted molar refractivity (Wildman–Crippen MR) is 58.9 cm³/mol. The molecule has 0 N–H and O–H groups in total. The van der Waals surface area contributed by atoms with E-state index in [0.29, 0.717) is 5.92 Å². The first kappa shape index (κ1) is 9.22. The van der Waals surface area contributed by atoms with E-state index in [1.807, 2.05) is 0 Å². The molecule has 0 aromatic heterocycles. The second kappa shape index (κ2) is 3.43. The van der Waals surface area contributed by atoms with Crippen LogP contribution in [-0.2, 0) is 6.54 Å². The van der Waals surface area contributed by atoms with Crippen LogP contribution < -0.4 is 0 Å². The molecule has 0 radical (unpaired) electrons.